The molecule has 0 aliphatic heterocycles. The number of benzene rings is 1. The van der Waals surface area contributed by atoms with Gasteiger partial charge in [-0.2, -0.15) is 5.10 Å². The van der Waals surface area contributed by atoms with E-state index in [4.69, 9.17) is 4.74 Å². The standard InChI is InChI=1S/C15H17N3O2S/c1-15(2,3)20-14(19)18-17-10-11-4-6-12(7-5-11)13-16-8-9-21-13/h4-10H,1-3H3,(H,18,19)/b17-10+. The van der Waals surface area contributed by atoms with Crippen molar-refractivity contribution in [2.45, 2.75) is 26.4 Å². The van der Waals surface area contributed by atoms with Gasteiger partial charge in [-0.25, -0.2) is 15.2 Å². The molecule has 0 saturated carbocycles. The van der Waals surface area contributed by atoms with E-state index in [1.165, 1.54) is 0 Å². The minimum Gasteiger partial charge on any atom is -0.443 e. The van der Waals surface area contributed by atoms with Crippen LogP contribution in [-0.2, 0) is 4.74 Å². The molecule has 1 amide bonds. The maximum atomic E-state index is 11.4. The van der Waals surface area contributed by atoms with Gasteiger partial charge in [-0.05, 0) is 26.3 Å². The number of thiazole rings is 1. The number of hydrazone groups is 1. The largest absolute Gasteiger partial charge is 0.443 e. The topological polar surface area (TPSA) is 63.6 Å². The van der Waals surface area contributed by atoms with E-state index in [1.54, 1.807) is 44.5 Å². The van der Waals surface area contributed by atoms with E-state index in [0.29, 0.717) is 0 Å². The van der Waals surface area contributed by atoms with Crippen LogP contribution in [0.4, 0.5) is 4.79 Å². The molecule has 21 heavy (non-hydrogen) atoms. The first-order chi connectivity index (χ1) is 9.94. The predicted octanol–water partition coefficient (Wildman–Crippen LogP) is 3.67. The quantitative estimate of drug-likeness (QED) is 0.695. The second kappa shape index (κ2) is 6.49. The van der Waals surface area contributed by atoms with Crippen LogP contribution in [-0.4, -0.2) is 22.9 Å². The van der Waals surface area contributed by atoms with E-state index in [0.717, 1.165) is 16.1 Å². The molecule has 0 spiro atoms. The predicted molar refractivity (Wildman–Crippen MR) is 84.5 cm³/mol. The zero-order valence-electron chi connectivity index (χ0n) is 12.2. The van der Waals surface area contributed by atoms with Gasteiger partial charge in [-0.1, -0.05) is 24.3 Å². The van der Waals surface area contributed by atoms with E-state index in [9.17, 15) is 4.79 Å². The molecule has 0 atom stereocenters. The molecule has 0 aliphatic carbocycles. The van der Waals surface area contributed by atoms with Crippen molar-refractivity contribution in [2.75, 3.05) is 0 Å². The van der Waals surface area contributed by atoms with Crippen LogP contribution in [0, 0.1) is 0 Å². The van der Waals surface area contributed by atoms with Gasteiger partial charge in [0, 0.05) is 17.1 Å². The Labute approximate surface area is 127 Å². The molecule has 2 aromatic rings. The minimum atomic E-state index is -0.571. The number of carbonyl (C=O) groups excluding carboxylic acids is 1. The summed E-state index contributed by atoms with van der Waals surface area (Å²) in [7, 11) is 0. The number of ether oxygens (including phenoxy) is 1. The highest BCUT2D eigenvalue weighted by atomic mass is 32.1. The third-order valence-corrected chi connectivity index (χ3v) is 3.18. The van der Waals surface area contributed by atoms with Crippen molar-refractivity contribution < 1.29 is 9.53 Å². The summed E-state index contributed by atoms with van der Waals surface area (Å²) < 4.78 is 5.07. The van der Waals surface area contributed by atoms with E-state index >= 15 is 0 Å². The second-order valence-corrected chi connectivity index (χ2v) is 6.23. The summed E-state index contributed by atoms with van der Waals surface area (Å²) in [5.74, 6) is 0. The van der Waals surface area contributed by atoms with Crippen LogP contribution < -0.4 is 5.43 Å². The van der Waals surface area contributed by atoms with Gasteiger partial charge in [0.15, 0.2) is 0 Å². The van der Waals surface area contributed by atoms with E-state index in [1.807, 2.05) is 29.6 Å². The Morgan fingerprint density at radius 1 is 1.33 bits per heavy atom. The fourth-order valence-corrected chi connectivity index (χ4v) is 2.18. The molecule has 6 heteroatoms. The van der Waals surface area contributed by atoms with Gasteiger partial charge in [0.05, 0.1) is 6.21 Å². The van der Waals surface area contributed by atoms with Crippen molar-refractivity contribution in [3.05, 3.63) is 41.4 Å². The van der Waals surface area contributed by atoms with Crippen molar-refractivity contribution >= 4 is 23.6 Å². The number of nitrogens with one attached hydrogen (secondary N) is 1. The maximum absolute atomic E-state index is 11.4. The summed E-state index contributed by atoms with van der Waals surface area (Å²) in [6.07, 6.45) is 2.77. The van der Waals surface area contributed by atoms with Crippen LogP contribution >= 0.6 is 11.3 Å². The first-order valence-electron chi connectivity index (χ1n) is 6.46. The van der Waals surface area contributed by atoms with Crippen molar-refractivity contribution in [2.24, 2.45) is 5.10 Å². The van der Waals surface area contributed by atoms with E-state index in [-0.39, 0.29) is 0 Å². The number of rotatable bonds is 3. The molecule has 1 heterocycles. The van der Waals surface area contributed by atoms with Gasteiger partial charge in [0.2, 0.25) is 0 Å². The summed E-state index contributed by atoms with van der Waals surface area (Å²) >= 11 is 1.59. The smallest absolute Gasteiger partial charge is 0.428 e. The Balaban J connectivity index is 1.91. The molecular weight excluding hydrogens is 286 g/mol. The lowest BCUT2D eigenvalue weighted by molar-refractivity contribution is 0.0529. The number of nitrogens with zero attached hydrogens (tertiary/aromatic N) is 2. The summed E-state index contributed by atoms with van der Waals surface area (Å²) in [6.45, 7) is 5.40. The van der Waals surface area contributed by atoms with Crippen LogP contribution in [0.1, 0.15) is 26.3 Å². The lowest BCUT2D eigenvalue weighted by Crippen LogP contribution is -2.29. The summed E-state index contributed by atoms with van der Waals surface area (Å²) in [4.78, 5) is 15.7. The fraction of sp³-hybridized carbons (Fsp3) is 0.267. The first-order valence-corrected chi connectivity index (χ1v) is 7.34. The molecule has 1 aromatic heterocycles. The second-order valence-electron chi connectivity index (χ2n) is 5.33. The molecule has 0 saturated heterocycles. The monoisotopic (exact) mass is 303 g/mol. The van der Waals surface area contributed by atoms with Gasteiger partial charge < -0.3 is 4.74 Å². The molecule has 110 valence electrons. The Kier molecular flexibility index (Phi) is 4.70. The van der Waals surface area contributed by atoms with Gasteiger partial charge >= 0.3 is 6.09 Å². The normalized spacial score (nSPS) is 11.6. The molecular formula is C15H17N3O2S. The molecule has 0 bridgehead atoms. The van der Waals surface area contributed by atoms with Gasteiger partial charge in [0.1, 0.15) is 10.6 Å². The van der Waals surface area contributed by atoms with Crippen molar-refractivity contribution in [1.29, 1.82) is 0 Å². The maximum Gasteiger partial charge on any atom is 0.428 e. The first kappa shape index (κ1) is 15.2. The van der Waals surface area contributed by atoms with Crippen molar-refractivity contribution in [3.63, 3.8) is 0 Å². The Morgan fingerprint density at radius 2 is 2.05 bits per heavy atom. The van der Waals surface area contributed by atoms with E-state index < -0.39 is 11.7 Å². The Morgan fingerprint density at radius 3 is 2.62 bits per heavy atom. The third-order valence-electron chi connectivity index (χ3n) is 2.36. The molecule has 1 aromatic carbocycles. The van der Waals surface area contributed by atoms with Crippen LogP contribution in [0.3, 0.4) is 0 Å². The lowest BCUT2D eigenvalue weighted by atomic mass is 10.1. The van der Waals surface area contributed by atoms with Gasteiger partial charge in [-0.15, -0.1) is 11.3 Å². The fourth-order valence-electron chi connectivity index (χ4n) is 1.54. The molecule has 1 N–H and O–H groups in total. The van der Waals surface area contributed by atoms with Crippen LogP contribution in [0.25, 0.3) is 10.6 Å². The zero-order valence-corrected chi connectivity index (χ0v) is 13.0. The van der Waals surface area contributed by atoms with E-state index in [2.05, 4.69) is 15.5 Å². The molecule has 2 rings (SSSR count). The van der Waals surface area contributed by atoms with Crippen molar-refractivity contribution in [3.8, 4) is 10.6 Å². The van der Waals surface area contributed by atoms with Crippen LogP contribution in [0.15, 0.2) is 40.9 Å². The Hall–Kier alpha value is -2.21. The van der Waals surface area contributed by atoms with Crippen LogP contribution in [0.2, 0.25) is 0 Å². The number of carbonyl (C=O) groups is 1. The summed E-state index contributed by atoms with van der Waals surface area (Å²) in [6, 6.07) is 7.76. The SMILES string of the molecule is CC(C)(C)OC(=O)N/N=C/c1ccc(-c2nccs2)cc1. The highest BCUT2D eigenvalue weighted by Gasteiger charge is 2.15. The lowest BCUT2D eigenvalue weighted by Gasteiger charge is -2.18. The van der Waals surface area contributed by atoms with Crippen molar-refractivity contribution in [1.82, 2.24) is 10.4 Å². The highest BCUT2D eigenvalue weighted by molar-refractivity contribution is 7.13. The molecule has 0 unspecified atom stereocenters. The number of hydrogen-bond acceptors (Lipinski definition) is 5. The van der Waals surface area contributed by atoms with Gasteiger partial charge in [-0.3, -0.25) is 0 Å². The van der Waals surface area contributed by atoms with Gasteiger partial charge in [0.25, 0.3) is 0 Å². The number of aromatic nitrogens is 1. The highest BCUT2D eigenvalue weighted by Crippen LogP contribution is 2.21. The number of amides is 1. The summed E-state index contributed by atoms with van der Waals surface area (Å²) in [5, 5.41) is 6.77. The Bertz CT molecular complexity index is 613. The minimum absolute atomic E-state index is 0.533. The van der Waals surface area contributed by atoms with Crippen LogP contribution in [0.5, 0.6) is 0 Å². The molecule has 0 aliphatic rings. The third kappa shape index (κ3) is 5.00. The number of hydrogen-bond donors (Lipinski definition) is 1. The zero-order chi connectivity index (χ0) is 15.3. The average Bonchev–Trinajstić information content (AvgIpc) is 2.91. The molecule has 0 radical (unpaired) electrons. The molecule has 5 nitrogen and oxygen atoms in total. The summed E-state index contributed by atoms with van der Waals surface area (Å²) in [5.41, 5.74) is 3.73. The molecule has 0 fully saturated rings. The average molecular weight is 303 g/mol.